The minimum atomic E-state index is -0.245. The topological polar surface area (TPSA) is 29.9 Å². The number of aromatic nitrogens is 2. The zero-order chi connectivity index (χ0) is 14.1. The zero-order valence-corrected chi connectivity index (χ0v) is 11.5. The third-order valence-corrected chi connectivity index (χ3v) is 3.41. The smallest absolute Gasteiger partial charge is 0.140 e. The minimum Gasteiger partial charge on any atom is -0.327 e. The Morgan fingerprint density at radius 2 is 2.05 bits per heavy atom. The molecule has 0 atom stereocenters. The van der Waals surface area contributed by atoms with Gasteiger partial charge in [0.1, 0.15) is 11.6 Å². The van der Waals surface area contributed by atoms with E-state index in [2.05, 4.69) is 22.4 Å². The van der Waals surface area contributed by atoms with Gasteiger partial charge in [0.2, 0.25) is 0 Å². The molecule has 102 valence electrons. The maximum absolute atomic E-state index is 13.4. The van der Waals surface area contributed by atoms with Crippen molar-refractivity contribution < 1.29 is 4.39 Å². The number of hydrogen-bond donors (Lipinski definition) is 1. The molecular formula is C16H16FN3. The van der Waals surface area contributed by atoms with Crippen LogP contribution in [-0.2, 0) is 13.6 Å². The summed E-state index contributed by atoms with van der Waals surface area (Å²) in [5, 5.41) is 3.13. The van der Waals surface area contributed by atoms with Crippen LogP contribution in [-0.4, -0.2) is 16.6 Å². The molecule has 0 spiro atoms. The maximum Gasteiger partial charge on any atom is 0.140 e. The van der Waals surface area contributed by atoms with E-state index in [4.69, 9.17) is 0 Å². The summed E-state index contributed by atoms with van der Waals surface area (Å²) in [4.78, 5) is 4.60. The predicted molar refractivity (Wildman–Crippen MR) is 78.9 cm³/mol. The Kier molecular flexibility index (Phi) is 3.24. The fourth-order valence-electron chi connectivity index (χ4n) is 2.44. The molecule has 0 aliphatic carbocycles. The molecule has 0 unspecified atom stereocenters. The quantitative estimate of drug-likeness (QED) is 0.792. The van der Waals surface area contributed by atoms with Crippen molar-refractivity contribution >= 4 is 11.0 Å². The monoisotopic (exact) mass is 269 g/mol. The second kappa shape index (κ2) is 5.06. The molecule has 1 N–H and O–H groups in total. The molecule has 0 aliphatic heterocycles. The first-order chi connectivity index (χ1) is 9.69. The van der Waals surface area contributed by atoms with Gasteiger partial charge in [-0.1, -0.05) is 18.2 Å². The lowest BCUT2D eigenvalue weighted by Gasteiger charge is -2.03. The lowest BCUT2D eigenvalue weighted by molar-refractivity contribution is 0.628. The van der Waals surface area contributed by atoms with Crippen molar-refractivity contribution in [2.75, 3.05) is 7.05 Å². The van der Waals surface area contributed by atoms with Crippen LogP contribution in [0.4, 0.5) is 4.39 Å². The van der Waals surface area contributed by atoms with Crippen LogP contribution in [0.15, 0.2) is 42.5 Å². The molecule has 2 aromatic carbocycles. The van der Waals surface area contributed by atoms with E-state index in [0.717, 1.165) is 29.0 Å². The van der Waals surface area contributed by atoms with Gasteiger partial charge >= 0.3 is 0 Å². The SMILES string of the molecule is CNCc1ccc2nc(-c3cccc(F)c3)n(C)c2c1. The first-order valence-corrected chi connectivity index (χ1v) is 6.55. The average Bonchev–Trinajstić information content (AvgIpc) is 2.77. The number of imidazole rings is 1. The zero-order valence-electron chi connectivity index (χ0n) is 11.5. The predicted octanol–water partition coefficient (Wildman–Crippen LogP) is 3.10. The number of rotatable bonds is 3. The highest BCUT2D eigenvalue weighted by atomic mass is 19.1. The molecule has 20 heavy (non-hydrogen) atoms. The number of halogens is 1. The molecule has 0 fully saturated rings. The highest BCUT2D eigenvalue weighted by Crippen LogP contribution is 2.24. The number of nitrogens with zero attached hydrogens (tertiary/aromatic N) is 2. The largest absolute Gasteiger partial charge is 0.327 e. The van der Waals surface area contributed by atoms with Gasteiger partial charge in [-0.3, -0.25) is 0 Å². The van der Waals surface area contributed by atoms with Gasteiger partial charge in [0, 0.05) is 19.2 Å². The van der Waals surface area contributed by atoms with E-state index < -0.39 is 0 Å². The number of hydrogen-bond acceptors (Lipinski definition) is 2. The Morgan fingerprint density at radius 1 is 1.20 bits per heavy atom. The van der Waals surface area contributed by atoms with Gasteiger partial charge < -0.3 is 9.88 Å². The highest BCUT2D eigenvalue weighted by molar-refractivity contribution is 5.81. The van der Waals surface area contributed by atoms with Crippen LogP contribution in [0.2, 0.25) is 0 Å². The fraction of sp³-hybridized carbons (Fsp3) is 0.188. The molecule has 3 aromatic rings. The van der Waals surface area contributed by atoms with Crippen molar-refractivity contribution in [2.45, 2.75) is 6.54 Å². The van der Waals surface area contributed by atoms with Crippen LogP contribution >= 0.6 is 0 Å². The first kappa shape index (κ1) is 12.8. The van der Waals surface area contributed by atoms with Crippen LogP contribution in [0.3, 0.4) is 0 Å². The summed E-state index contributed by atoms with van der Waals surface area (Å²) in [7, 11) is 3.88. The molecule has 3 nitrogen and oxygen atoms in total. The van der Waals surface area contributed by atoms with Crippen molar-refractivity contribution in [3.05, 3.63) is 53.8 Å². The molecular weight excluding hydrogens is 253 g/mol. The van der Waals surface area contributed by atoms with E-state index in [9.17, 15) is 4.39 Å². The van der Waals surface area contributed by atoms with Crippen molar-refractivity contribution in [3.63, 3.8) is 0 Å². The number of benzene rings is 2. The van der Waals surface area contributed by atoms with E-state index in [-0.39, 0.29) is 5.82 Å². The molecule has 1 heterocycles. The third-order valence-electron chi connectivity index (χ3n) is 3.41. The Morgan fingerprint density at radius 3 is 2.80 bits per heavy atom. The van der Waals surface area contributed by atoms with E-state index in [1.165, 1.54) is 17.7 Å². The highest BCUT2D eigenvalue weighted by Gasteiger charge is 2.10. The molecule has 0 aliphatic rings. The molecule has 0 saturated carbocycles. The number of aryl methyl sites for hydroxylation is 1. The number of fused-ring (bicyclic) bond motifs is 1. The van der Waals surface area contributed by atoms with Crippen LogP contribution < -0.4 is 5.32 Å². The first-order valence-electron chi connectivity index (χ1n) is 6.55. The van der Waals surface area contributed by atoms with Gasteiger partial charge in [-0.2, -0.15) is 0 Å². The Bertz CT molecular complexity index is 762. The maximum atomic E-state index is 13.4. The van der Waals surface area contributed by atoms with E-state index in [1.807, 2.05) is 30.8 Å². The molecule has 3 rings (SSSR count). The van der Waals surface area contributed by atoms with Crippen LogP contribution in [0, 0.1) is 5.82 Å². The molecule has 0 bridgehead atoms. The Labute approximate surface area is 117 Å². The van der Waals surface area contributed by atoms with Gasteiger partial charge in [-0.25, -0.2) is 9.37 Å². The van der Waals surface area contributed by atoms with Gasteiger partial charge in [-0.15, -0.1) is 0 Å². The summed E-state index contributed by atoms with van der Waals surface area (Å²) in [6.07, 6.45) is 0. The van der Waals surface area contributed by atoms with Gasteiger partial charge in [0.05, 0.1) is 11.0 Å². The van der Waals surface area contributed by atoms with E-state index in [0.29, 0.717) is 0 Å². The standard InChI is InChI=1S/C16H16FN3/c1-18-10-11-6-7-14-15(8-11)20(2)16(19-14)12-4-3-5-13(17)9-12/h3-9,18H,10H2,1-2H3. The van der Waals surface area contributed by atoms with Gasteiger partial charge in [0.25, 0.3) is 0 Å². The van der Waals surface area contributed by atoms with Gasteiger partial charge in [0.15, 0.2) is 0 Å². The Hall–Kier alpha value is -2.20. The third kappa shape index (κ3) is 2.18. The molecule has 4 heteroatoms. The summed E-state index contributed by atoms with van der Waals surface area (Å²) in [6, 6.07) is 12.7. The van der Waals surface area contributed by atoms with Crippen LogP contribution in [0.25, 0.3) is 22.4 Å². The van der Waals surface area contributed by atoms with E-state index >= 15 is 0 Å². The van der Waals surface area contributed by atoms with Crippen molar-refractivity contribution in [3.8, 4) is 11.4 Å². The lowest BCUT2D eigenvalue weighted by atomic mass is 10.2. The summed E-state index contributed by atoms with van der Waals surface area (Å²) >= 11 is 0. The average molecular weight is 269 g/mol. The summed E-state index contributed by atoms with van der Waals surface area (Å²) in [5.41, 5.74) is 3.97. The second-order valence-corrected chi connectivity index (χ2v) is 4.86. The second-order valence-electron chi connectivity index (χ2n) is 4.86. The van der Waals surface area contributed by atoms with Crippen molar-refractivity contribution in [2.24, 2.45) is 7.05 Å². The normalized spacial score (nSPS) is 11.2. The lowest BCUT2D eigenvalue weighted by Crippen LogP contribution is -2.04. The molecule has 1 aromatic heterocycles. The van der Waals surface area contributed by atoms with Crippen LogP contribution in [0.1, 0.15) is 5.56 Å². The van der Waals surface area contributed by atoms with Crippen LogP contribution in [0.5, 0.6) is 0 Å². The number of nitrogens with one attached hydrogen (secondary N) is 1. The van der Waals surface area contributed by atoms with Gasteiger partial charge in [-0.05, 0) is 36.9 Å². The summed E-state index contributed by atoms with van der Waals surface area (Å²) < 4.78 is 15.4. The van der Waals surface area contributed by atoms with Crippen molar-refractivity contribution in [1.82, 2.24) is 14.9 Å². The molecule has 0 radical (unpaired) electrons. The minimum absolute atomic E-state index is 0.245. The fourth-order valence-corrected chi connectivity index (χ4v) is 2.44. The molecule has 0 saturated heterocycles. The summed E-state index contributed by atoms with van der Waals surface area (Å²) in [6.45, 7) is 0.816. The summed E-state index contributed by atoms with van der Waals surface area (Å²) in [5.74, 6) is 0.534. The van der Waals surface area contributed by atoms with Crippen molar-refractivity contribution in [1.29, 1.82) is 0 Å². The Balaban J connectivity index is 2.15. The molecule has 0 amide bonds. The van der Waals surface area contributed by atoms with E-state index in [1.54, 1.807) is 6.07 Å².